The first kappa shape index (κ1) is 50.1. The van der Waals surface area contributed by atoms with Gasteiger partial charge in [-0.3, -0.25) is 9.59 Å². The number of alkyl halides is 3. The number of hydrogen-bond acceptors (Lipinski definition) is 14. The summed E-state index contributed by atoms with van der Waals surface area (Å²) in [4.78, 5) is 61.0. The fraction of sp³-hybridized carbons (Fsp3) is 0.392. The Hall–Kier alpha value is -6.90. The van der Waals surface area contributed by atoms with Gasteiger partial charge in [0, 0.05) is 53.6 Å². The van der Waals surface area contributed by atoms with Crippen LogP contribution in [0.5, 0.6) is 11.8 Å². The number of carbonyl (C=O) groups is 2. The number of benzene rings is 2. The molecule has 2 saturated heterocycles. The molecule has 4 N–H and O–H groups in total. The van der Waals surface area contributed by atoms with Crippen molar-refractivity contribution in [2.75, 3.05) is 50.5 Å². The van der Waals surface area contributed by atoms with E-state index in [0.29, 0.717) is 55.1 Å². The monoisotopic (exact) mass is 1010 g/mol. The second-order valence-corrected chi connectivity index (χ2v) is 19.0. The molecule has 1 amide bonds. The molecule has 2 fully saturated rings. The number of piperazine rings is 1. The fourth-order valence-corrected chi connectivity index (χ4v) is 10.7. The molecular weight excluding hydrogens is 962 g/mol. The van der Waals surface area contributed by atoms with Crippen LogP contribution in [0.4, 0.5) is 29.2 Å². The minimum absolute atomic E-state index is 0.106. The van der Waals surface area contributed by atoms with Gasteiger partial charge in [0.15, 0.2) is 11.4 Å². The van der Waals surface area contributed by atoms with Gasteiger partial charge < -0.3 is 44.7 Å². The minimum Gasteiger partial charge on any atom is -0.508 e. The second-order valence-electron chi connectivity index (χ2n) is 18.6. The number of carbonyl (C=O) groups excluding carboxylic acids is 2. The number of nitrogens with two attached hydrogens (primary N) is 1. The maximum Gasteiger partial charge on any atom is 0.418 e. The summed E-state index contributed by atoms with van der Waals surface area (Å²) in [5, 5.41) is 21.6. The molecule has 21 heteroatoms. The van der Waals surface area contributed by atoms with Gasteiger partial charge in [-0.2, -0.15) is 23.1 Å². The zero-order valence-corrected chi connectivity index (χ0v) is 40.9. The molecule has 0 radical (unpaired) electrons. The first-order valence-electron chi connectivity index (χ1n) is 23.6. The van der Waals surface area contributed by atoms with Crippen molar-refractivity contribution in [3.63, 3.8) is 0 Å². The SMILES string of the molecule is C=CC(=O)N1CCN(c2nc(OCC3CCCN3C)nc3c(F)c(-c4nc(N)cc(C)c4C(F)(F)F)c(Cl)cc23)C(C)C1.CCc1c2c(nc3ccc(O)cc13)-c1cc3c(c(=O)n1C2)COC(=O)[C@]3(O)CC. The molecule has 2 unspecified atom stereocenters. The molecule has 72 heavy (non-hydrogen) atoms. The predicted octanol–water partition coefficient (Wildman–Crippen LogP) is 7.44. The Morgan fingerprint density at radius 1 is 1.06 bits per heavy atom. The summed E-state index contributed by atoms with van der Waals surface area (Å²) in [6.07, 6.45) is -0.882. The number of ether oxygens (including phenoxy) is 2. The van der Waals surface area contributed by atoms with E-state index in [-0.39, 0.29) is 88.1 Å². The number of likely N-dealkylation sites (N-methyl/N-ethyl adjacent to an activating group) is 1. The average Bonchev–Trinajstić information content (AvgIpc) is 3.93. The van der Waals surface area contributed by atoms with E-state index in [9.17, 15) is 37.8 Å². The highest BCUT2D eigenvalue weighted by Crippen LogP contribution is 2.46. The van der Waals surface area contributed by atoms with Gasteiger partial charge in [0.25, 0.3) is 5.56 Å². The van der Waals surface area contributed by atoms with Crippen LogP contribution in [0.25, 0.3) is 44.5 Å². The fourth-order valence-electron chi connectivity index (χ4n) is 10.4. The summed E-state index contributed by atoms with van der Waals surface area (Å²) in [6.45, 7) is 12.8. The molecule has 2 aromatic carbocycles. The highest BCUT2D eigenvalue weighted by molar-refractivity contribution is 6.34. The van der Waals surface area contributed by atoms with E-state index in [1.165, 1.54) is 19.1 Å². The number of aromatic nitrogens is 5. The maximum atomic E-state index is 16.5. The van der Waals surface area contributed by atoms with Gasteiger partial charge in [-0.1, -0.05) is 32.0 Å². The molecule has 378 valence electrons. The molecule has 0 saturated carbocycles. The average molecular weight is 1010 g/mol. The number of hydrogen-bond donors (Lipinski definition) is 3. The molecule has 4 aromatic heterocycles. The number of amides is 1. The predicted molar refractivity (Wildman–Crippen MR) is 262 cm³/mol. The van der Waals surface area contributed by atoms with Crippen molar-refractivity contribution < 1.29 is 46.8 Å². The quantitative estimate of drug-likeness (QED) is 0.0770. The number of nitrogen functional groups attached to an aromatic ring is 1. The van der Waals surface area contributed by atoms with Crippen molar-refractivity contribution in [1.29, 1.82) is 0 Å². The number of rotatable bonds is 8. The van der Waals surface area contributed by atoms with Crippen LogP contribution in [-0.4, -0.2) is 108 Å². The Bertz CT molecular complexity index is 3300. The van der Waals surface area contributed by atoms with E-state index in [2.05, 4.69) is 26.4 Å². The lowest BCUT2D eigenvalue weighted by Gasteiger charge is -2.40. The summed E-state index contributed by atoms with van der Waals surface area (Å²) in [5.74, 6) is -1.81. The summed E-state index contributed by atoms with van der Waals surface area (Å²) >= 11 is 6.54. The van der Waals surface area contributed by atoms with Gasteiger partial charge >= 0.3 is 18.2 Å². The molecule has 10 rings (SSSR count). The van der Waals surface area contributed by atoms with Gasteiger partial charge in [-0.05, 0) is 107 Å². The summed E-state index contributed by atoms with van der Waals surface area (Å²) in [7, 11) is 1.98. The van der Waals surface area contributed by atoms with Crippen molar-refractivity contribution in [3.05, 3.63) is 104 Å². The number of phenolic OH excluding ortho intramolecular Hbond substituents is 1. The van der Waals surface area contributed by atoms with E-state index in [1.807, 2.05) is 25.8 Å². The number of aryl methyl sites for hydroxylation is 2. The number of aliphatic hydroxyl groups is 1. The lowest BCUT2D eigenvalue weighted by molar-refractivity contribution is -0.172. The number of cyclic esters (lactones) is 1. The Labute approximate surface area is 415 Å². The summed E-state index contributed by atoms with van der Waals surface area (Å²) in [6, 6.07) is 8.88. The van der Waals surface area contributed by atoms with E-state index in [4.69, 9.17) is 31.8 Å². The van der Waals surface area contributed by atoms with Crippen LogP contribution in [-0.2, 0) is 45.7 Å². The number of aromatic hydroxyl groups is 1. The van der Waals surface area contributed by atoms with Gasteiger partial charge in [0.1, 0.15) is 36.1 Å². The van der Waals surface area contributed by atoms with Crippen molar-refractivity contribution in [1.82, 2.24) is 34.3 Å². The number of phenols is 1. The molecule has 6 aromatic rings. The van der Waals surface area contributed by atoms with Gasteiger partial charge in [0.05, 0.1) is 50.9 Å². The molecule has 0 aliphatic carbocycles. The molecule has 3 atom stereocenters. The van der Waals surface area contributed by atoms with Crippen molar-refractivity contribution in [2.24, 2.45) is 0 Å². The van der Waals surface area contributed by atoms with Gasteiger partial charge in [-0.25, -0.2) is 19.2 Å². The highest BCUT2D eigenvalue weighted by Gasteiger charge is 2.46. The Kier molecular flexibility index (Phi) is 13.2. The molecular formula is C51H52ClF4N9O7. The van der Waals surface area contributed by atoms with Crippen LogP contribution in [0, 0.1) is 12.7 Å². The number of fused-ring (bicyclic) bond motifs is 6. The second kappa shape index (κ2) is 18.9. The van der Waals surface area contributed by atoms with Gasteiger partial charge in [-0.15, -0.1) is 0 Å². The number of halogens is 5. The first-order chi connectivity index (χ1) is 34.2. The van der Waals surface area contributed by atoms with Crippen molar-refractivity contribution >= 4 is 56.9 Å². The van der Waals surface area contributed by atoms with Crippen molar-refractivity contribution in [3.8, 4) is 34.4 Å². The first-order valence-corrected chi connectivity index (χ1v) is 23.9. The Morgan fingerprint density at radius 3 is 2.49 bits per heavy atom. The van der Waals surface area contributed by atoms with E-state index < -0.39 is 40.4 Å². The van der Waals surface area contributed by atoms with E-state index in [1.54, 1.807) is 40.7 Å². The van der Waals surface area contributed by atoms with Gasteiger partial charge in [0.2, 0.25) is 5.91 Å². The molecule has 4 aliphatic rings. The third-order valence-electron chi connectivity index (χ3n) is 14.2. The normalized spacial score (nSPS) is 19.7. The van der Waals surface area contributed by atoms with Crippen LogP contribution in [0.15, 0.2) is 53.8 Å². The number of pyridine rings is 3. The number of esters is 1. The third-order valence-corrected chi connectivity index (χ3v) is 14.5. The molecule has 0 spiro atoms. The minimum atomic E-state index is -4.86. The topological polar surface area (TPSA) is 202 Å². The summed E-state index contributed by atoms with van der Waals surface area (Å²) in [5.41, 5.74) is 5.33. The van der Waals surface area contributed by atoms with Crippen LogP contribution in [0.3, 0.4) is 0 Å². The lowest BCUT2D eigenvalue weighted by Crippen LogP contribution is -2.53. The number of likely N-dealkylation sites (tertiary alicyclic amines) is 1. The molecule has 0 bridgehead atoms. The maximum absolute atomic E-state index is 16.5. The number of nitrogens with zero attached hydrogens (tertiary/aromatic N) is 8. The van der Waals surface area contributed by atoms with Crippen molar-refractivity contribution in [2.45, 2.75) is 90.4 Å². The van der Waals surface area contributed by atoms with Crippen LogP contribution >= 0.6 is 11.6 Å². The standard InChI is InChI=1S/C29H32ClF4N7O2.C22H20N2O5/c1-5-21(42)40-9-10-41(16(3)13-40)27-18-12-19(30)22(26-23(29(32,33)34)15(2)11-20(35)36-26)24(31)25(18)37-28(38-27)43-14-17-7-6-8-39(17)4;1-3-12-13-7-11(25)5-6-17(13)23-19-14(12)9-24-18(19)8-16-15(20(24)26)10-29-21(27)22(16,28)4-2/h5,11-12,16-17H,1,6-10,13-14H2,2-4H3,(H2,35,36);5-8,25,28H,3-4,9-10H2,1-2H3/t;22-/m.0/s1. The molecule has 8 heterocycles. The lowest BCUT2D eigenvalue weighted by atomic mass is 9.86. The third kappa shape index (κ3) is 8.61. The Morgan fingerprint density at radius 2 is 1.82 bits per heavy atom. The molecule has 16 nitrogen and oxygen atoms in total. The van der Waals surface area contributed by atoms with E-state index >= 15 is 4.39 Å². The van der Waals surface area contributed by atoms with Crippen LogP contribution < -0.4 is 20.9 Å². The molecule has 4 aliphatic heterocycles. The zero-order valence-electron chi connectivity index (χ0n) is 40.2. The largest absolute Gasteiger partial charge is 0.508 e. The Balaban J connectivity index is 0.000000191. The highest BCUT2D eigenvalue weighted by atomic mass is 35.5. The smallest absolute Gasteiger partial charge is 0.418 e. The van der Waals surface area contributed by atoms with Crippen LogP contribution in [0.1, 0.15) is 73.4 Å². The summed E-state index contributed by atoms with van der Waals surface area (Å²) < 4.78 is 71.8. The van der Waals surface area contributed by atoms with E-state index in [0.717, 1.165) is 47.5 Å². The number of anilines is 2. The van der Waals surface area contributed by atoms with Crippen LogP contribution in [0.2, 0.25) is 5.02 Å². The zero-order chi connectivity index (χ0) is 51.7.